The number of carboxylic acid groups (broad SMARTS) is 1. The number of ether oxygens (including phenoxy) is 1. The van der Waals surface area contributed by atoms with E-state index in [-0.39, 0.29) is 17.2 Å². The Bertz CT molecular complexity index is 683. The van der Waals surface area contributed by atoms with Crippen LogP contribution in [0.4, 0.5) is 13.2 Å². The summed E-state index contributed by atoms with van der Waals surface area (Å²) in [5.74, 6) is -1.63. The molecule has 4 nitrogen and oxygen atoms in total. The van der Waals surface area contributed by atoms with Gasteiger partial charge in [0.15, 0.2) is 0 Å². The summed E-state index contributed by atoms with van der Waals surface area (Å²) in [4.78, 5) is 14.4. The van der Waals surface area contributed by atoms with Gasteiger partial charge < -0.3 is 9.84 Å². The van der Waals surface area contributed by atoms with Crippen LogP contribution in [0.5, 0.6) is 11.6 Å². The Balaban J connectivity index is 2.37. The second-order valence-electron chi connectivity index (χ2n) is 4.27. The molecule has 0 atom stereocenters. The van der Waals surface area contributed by atoms with E-state index < -0.39 is 17.8 Å². The minimum atomic E-state index is -4.59. The SMILES string of the molecule is Cc1ccc(Oc2cccc(C(F)(F)F)n2)c(C(=O)O)c1. The quantitative estimate of drug-likeness (QED) is 0.933. The van der Waals surface area contributed by atoms with Gasteiger partial charge in [-0.1, -0.05) is 17.7 Å². The number of halogens is 3. The number of aromatic nitrogens is 1. The minimum absolute atomic E-state index is 0.0695. The zero-order chi connectivity index (χ0) is 15.6. The topological polar surface area (TPSA) is 59.4 Å². The van der Waals surface area contributed by atoms with Crippen LogP contribution in [0.25, 0.3) is 0 Å². The van der Waals surface area contributed by atoms with Crippen molar-refractivity contribution in [3.8, 4) is 11.6 Å². The van der Waals surface area contributed by atoms with Gasteiger partial charge in [-0.05, 0) is 25.1 Å². The Hall–Kier alpha value is -2.57. The number of aryl methyl sites for hydroxylation is 1. The molecule has 2 aromatic rings. The summed E-state index contributed by atoms with van der Waals surface area (Å²) in [6, 6.07) is 7.50. The largest absolute Gasteiger partial charge is 0.478 e. The van der Waals surface area contributed by atoms with Crippen LogP contribution in [-0.4, -0.2) is 16.1 Å². The van der Waals surface area contributed by atoms with Crippen LogP contribution in [-0.2, 0) is 6.18 Å². The molecule has 0 fully saturated rings. The zero-order valence-electron chi connectivity index (χ0n) is 10.8. The van der Waals surface area contributed by atoms with E-state index >= 15 is 0 Å². The van der Waals surface area contributed by atoms with E-state index in [1.807, 2.05) is 0 Å². The van der Waals surface area contributed by atoms with Crippen LogP contribution in [0.2, 0.25) is 0 Å². The Morgan fingerprint density at radius 1 is 1.24 bits per heavy atom. The third-order valence-corrected chi connectivity index (χ3v) is 2.59. The molecule has 0 unspecified atom stereocenters. The van der Waals surface area contributed by atoms with E-state index in [0.717, 1.165) is 12.1 Å². The first kappa shape index (κ1) is 14.8. The second kappa shape index (κ2) is 5.43. The number of carbonyl (C=O) groups is 1. The third kappa shape index (κ3) is 3.50. The molecule has 7 heteroatoms. The molecule has 0 radical (unpaired) electrons. The lowest BCUT2D eigenvalue weighted by atomic mass is 10.1. The van der Waals surface area contributed by atoms with Gasteiger partial charge in [-0.15, -0.1) is 0 Å². The Kier molecular flexibility index (Phi) is 3.84. The average Bonchev–Trinajstić information content (AvgIpc) is 2.40. The van der Waals surface area contributed by atoms with Crippen LogP contribution in [0.3, 0.4) is 0 Å². The fourth-order valence-electron chi connectivity index (χ4n) is 1.64. The maximum Gasteiger partial charge on any atom is 0.433 e. The smallest absolute Gasteiger partial charge is 0.433 e. The van der Waals surface area contributed by atoms with Gasteiger partial charge in [0, 0.05) is 6.07 Å². The number of hydrogen-bond acceptors (Lipinski definition) is 3. The highest BCUT2D eigenvalue weighted by atomic mass is 19.4. The van der Waals surface area contributed by atoms with Gasteiger partial charge >= 0.3 is 12.1 Å². The summed E-state index contributed by atoms with van der Waals surface area (Å²) in [5.41, 5.74) is -0.560. The maximum atomic E-state index is 12.6. The van der Waals surface area contributed by atoms with Crippen molar-refractivity contribution in [2.75, 3.05) is 0 Å². The second-order valence-corrected chi connectivity index (χ2v) is 4.27. The van der Waals surface area contributed by atoms with Crippen molar-refractivity contribution in [1.29, 1.82) is 0 Å². The summed E-state index contributed by atoms with van der Waals surface area (Å²) < 4.78 is 42.8. The van der Waals surface area contributed by atoms with Crippen molar-refractivity contribution in [1.82, 2.24) is 4.98 Å². The highest BCUT2D eigenvalue weighted by Gasteiger charge is 2.32. The van der Waals surface area contributed by atoms with Crippen molar-refractivity contribution in [2.45, 2.75) is 13.1 Å². The molecule has 21 heavy (non-hydrogen) atoms. The molecule has 1 aromatic carbocycles. The van der Waals surface area contributed by atoms with Crippen molar-refractivity contribution in [2.24, 2.45) is 0 Å². The number of hydrogen-bond donors (Lipinski definition) is 1. The predicted octanol–water partition coefficient (Wildman–Crippen LogP) is 3.90. The molecular formula is C14H10F3NO3. The molecular weight excluding hydrogens is 287 g/mol. The summed E-state index contributed by atoms with van der Waals surface area (Å²) in [6.07, 6.45) is -4.59. The number of rotatable bonds is 3. The molecule has 0 saturated heterocycles. The fraction of sp³-hybridized carbons (Fsp3) is 0.143. The van der Waals surface area contributed by atoms with Gasteiger partial charge in [-0.2, -0.15) is 13.2 Å². The van der Waals surface area contributed by atoms with Crippen LogP contribution in [0, 0.1) is 6.92 Å². The van der Waals surface area contributed by atoms with E-state index in [1.54, 1.807) is 13.0 Å². The first-order valence-corrected chi connectivity index (χ1v) is 5.83. The molecule has 1 heterocycles. The molecule has 0 amide bonds. The predicted molar refractivity (Wildman–Crippen MR) is 67.5 cm³/mol. The molecule has 1 N–H and O–H groups in total. The van der Waals surface area contributed by atoms with E-state index in [9.17, 15) is 18.0 Å². The molecule has 0 aliphatic carbocycles. The molecule has 0 spiro atoms. The van der Waals surface area contributed by atoms with E-state index in [1.165, 1.54) is 18.2 Å². The number of benzene rings is 1. The molecule has 2 rings (SSSR count). The summed E-state index contributed by atoms with van der Waals surface area (Å²) >= 11 is 0. The van der Waals surface area contributed by atoms with Crippen molar-refractivity contribution >= 4 is 5.97 Å². The lowest BCUT2D eigenvalue weighted by Gasteiger charge is -2.10. The summed E-state index contributed by atoms with van der Waals surface area (Å²) in [5, 5.41) is 9.07. The van der Waals surface area contributed by atoms with Crippen LogP contribution >= 0.6 is 0 Å². The van der Waals surface area contributed by atoms with Gasteiger partial charge in [0.2, 0.25) is 5.88 Å². The van der Waals surface area contributed by atoms with Gasteiger partial charge in [0.1, 0.15) is 17.0 Å². The number of aromatic carboxylic acids is 1. The lowest BCUT2D eigenvalue weighted by Crippen LogP contribution is -2.08. The first-order chi connectivity index (χ1) is 9.77. The lowest BCUT2D eigenvalue weighted by molar-refractivity contribution is -0.141. The normalized spacial score (nSPS) is 11.2. The number of nitrogens with zero attached hydrogens (tertiary/aromatic N) is 1. The van der Waals surface area contributed by atoms with Gasteiger partial charge in [0.05, 0.1) is 0 Å². The minimum Gasteiger partial charge on any atom is -0.478 e. The van der Waals surface area contributed by atoms with Crippen LogP contribution in [0.1, 0.15) is 21.6 Å². The van der Waals surface area contributed by atoms with Crippen LogP contribution < -0.4 is 4.74 Å². The van der Waals surface area contributed by atoms with Gasteiger partial charge in [0.25, 0.3) is 0 Å². The van der Waals surface area contributed by atoms with E-state index in [2.05, 4.69) is 4.98 Å². The third-order valence-electron chi connectivity index (χ3n) is 2.59. The first-order valence-electron chi connectivity index (χ1n) is 5.83. The maximum absolute atomic E-state index is 12.6. The summed E-state index contributed by atoms with van der Waals surface area (Å²) in [7, 11) is 0. The fourth-order valence-corrected chi connectivity index (χ4v) is 1.64. The molecule has 1 aromatic heterocycles. The monoisotopic (exact) mass is 297 g/mol. The Labute approximate surface area is 117 Å². The van der Waals surface area contributed by atoms with Crippen LogP contribution in [0.15, 0.2) is 36.4 Å². The highest BCUT2D eigenvalue weighted by Crippen LogP contribution is 2.30. The molecule has 0 aliphatic rings. The number of carboxylic acids is 1. The standard InChI is InChI=1S/C14H10F3NO3/c1-8-5-6-10(9(7-8)13(19)20)21-12-4-2-3-11(18-12)14(15,16)17/h2-7H,1H3,(H,19,20). The van der Waals surface area contributed by atoms with Gasteiger partial charge in [-0.3, -0.25) is 0 Å². The zero-order valence-corrected chi connectivity index (χ0v) is 10.8. The van der Waals surface area contributed by atoms with Crippen molar-refractivity contribution < 1.29 is 27.8 Å². The molecule has 0 aliphatic heterocycles. The van der Waals surface area contributed by atoms with Gasteiger partial charge in [-0.25, -0.2) is 9.78 Å². The van der Waals surface area contributed by atoms with E-state index in [0.29, 0.717) is 5.56 Å². The Morgan fingerprint density at radius 3 is 2.57 bits per heavy atom. The molecule has 0 bridgehead atoms. The van der Waals surface area contributed by atoms with E-state index in [4.69, 9.17) is 9.84 Å². The van der Waals surface area contributed by atoms with Crippen molar-refractivity contribution in [3.05, 3.63) is 53.2 Å². The highest BCUT2D eigenvalue weighted by molar-refractivity contribution is 5.91. The van der Waals surface area contributed by atoms with Crippen molar-refractivity contribution in [3.63, 3.8) is 0 Å². The number of pyridine rings is 1. The molecule has 0 saturated carbocycles. The molecule has 110 valence electrons. The average molecular weight is 297 g/mol. The number of alkyl halides is 3. The Morgan fingerprint density at radius 2 is 1.95 bits per heavy atom. The summed E-state index contributed by atoms with van der Waals surface area (Å²) in [6.45, 7) is 1.69.